The van der Waals surface area contributed by atoms with Crippen LogP contribution in [0.15, 0.2) is 24.3 Å². The number of rotatable bonds is 9. The van der Waals surface area contributed by atoms with Gasteiger partial charge in [0, 0.05) is 25.2 Å². The Hall–Kier alpha value is -2.01. The number of amides is 1. The number of methoxy groups -OCH3 is 1. The van der Waals surface area contributed by atoms with Gasteiger partial charge in [0.15, 0.2) is 11.5 Å². The fourth-order valence-corrected chi connectivity index (χ4v) is 3.16. The van der Waals surface area contributed by atoms with Gasteiger partial charge in [0.25, 0.3) is 0 Å². The highest BCUT2D eigenvalue weighted by Gasteiger charge is 2.19. The van der Waals surface area contributed by atoms with Crippen molar-refractivity contribution in [3.8, 4) is 11.5 Å². The minimum Gasteiger partial charge on any atom is -0.493 e. The molecule has 1 amide bonds. The Morgan fingerprint density at radius 1 is 1.23 bits per heavy atom. The Balaban J connectivity index is 1.85. The van der Waals surface area contributed by atoms with Gasteiger partial charge in [-0.25, -0.2) is 0 Å². The number of benzene rings is 1. The van der Waals surface area contributed by atoms with Crippen LogP contribution in [0, 0.1) is 0 Å². The third-order valence-corrected chi connectivity index (χ3v) is 4.55. The minimum absolute atomic E-state index is 0.0378. The van der Waals surface area contributed by atoms with Crippen LogP contribution in [-0.4, -0.2) is 50.2 Å². The molecule has 1 aromatic carbocycles. The van der Waals surface area contributed by atoms with E-state index >= 15 is 0 Å². The molecule has 0 aromatic heterocycles. The molecule has 5 heteroatoms. The van der Waals surface area contributed by atoms with Gasteiger partial charge < -0.3 is 19.7 Å². The molecule has 0 unspecified atom stereocenters. The normalized spacial score (nSPS) is 16.0. The Morgan fingerprint density at radius 3 is 2.65 bits per heavy atom. The second-order valence-electron chi connectivity index (χ2n) is 6.72. The number of likely N-dealkylation sites (tertiary alicyclic amines) is 1. The first-order chi connectivity index (χ1) is 12.7. The molecule has 0 aliphatic carbocycles. The van der Waals surface area contributed by atoms with Gasteiger partial charge in [-0.15, -0.1) is 0 Å². The molecule has 0 atom stereocenters. The molecule has 5 nitrogen and oxygen atoms in total. The lowest BCUT2D eigenvalue weighted by atomic mass is 10.0. The average molecular weight is 360 g/mol. The molecule has 26 heavy (non-hydrogen) atoms. The Labute approximate surface area is 157 Å². The summed E-state index contributed by atoms with van der Waals surface area (Å²) in [6, 6.07) is 5.98. The van der Waals surface area contributed by atoms with Crippen LogP contribution in [0.5, 0.6) is 11.5 Å². The second kappa shape index (κ2) is 10.9. The molecule has 0 spiro atoms. The van der Waals surface area contributed by atoms with E-state index in [1.165, 1.54) is 6.42 Å². The molecule has 1 N–H and O–H groups in total. The van der Waals surface area contributed by atoms with Gasteiger partial charge in [0.2, 0.25) is 5.91 Å². The highest BCUT2D eigenvalue weighted by Crippen LogP contribution is 2.28. The molecule has 144 valence electrons. The van der Waals surface area contributed by atoms with Crippen LogP contribution in [0.25, 0.3) is 6.08 Å². The van der Waals surface area contributed by atoms with Crippen LogP contribution in [0.2, 0.25) is 0 Å². The number of carbonyl (C=O) groups is 1. The number of nitrogens with one attached hydrogen (secondary N) is 1. The zero-order valence-corrected chi connectivity index (χ0v) is 16.3. The van der Waals surface area contributed by atoms with Crippen LogP contribution < -0.4 is 14.8 Å². The molecule has 1 fully saturated rings. The summed E-state index contributed by atoms with van der Waals surface area (Å²) in [7, 11) is 1.62. The van der Waals surface area contributed by atoms with Crippen LogP contribution in [0.1, 0.15) is 45.1 Å². The molecule has 1 saturated heterocycles. The second-order valence-corrected chi connectivity index (χ2v) is 6.72. The molecule has 1 aliphatic rings. The predicted octanol–water partition coefficient (Wildman–Crippen LogP) is 3.49. The van der Waals surface area contributed by atoms with Gasteiger partial charge in [-0.1, -0.05) is 19.9 Å². The zero-order chi connectivity index (χ0) is 18.8. The van der Waals surface area contributed by atoms with Gasteiger partial charge in [0.05, 0.1) is 13.7 Å². The van der Waals surface area contributed by atoms with E-state index in [0.717, 1.165) is 50.2 Å². The van der Waals surface area contributed by atoms with E-state index in [0.29, 0.717) is 12.4 Å². The van der Waals surface area contributed by atoms with Crippen molar-refractivity contribution < 1.29 is 14.3 Å². The lowest BCUT2D eigenvalue weighted by Crippen LogP contribution is -2.44. The number of hydrogen-bond donors (Lipinski definition) is 1. The number of nitrogens with zero attached hydrogens (tertiary/aromatic N) is 1. The van der Waals surface area contributed by atoms with E-state index in [-0.39, 0.29) is 11.9 Å². The van der Waals surface area contributed by atoms with Gasteiger partial charge in [-0.3, -0.25) is 4.79 Å². The smallest absolute Gasteiger partial charge is 0.244 e. The number of hydrogen-bond acceptors (Lipinski definition) is 4. The van der Waals surface area contributed by atoms with Gasteiger partial charge in [-0.05, 0) is 56.0 Å². The SMILES string of the molecule is CCCOc1ccc(/C=C/C(=O)NC2CCN(CCC)CC2)cc1OC. The maximum absolute atomic E-state index is 12.2. The standard InChI is InChI=1S/C21H32N2O3/c1-4-12-23-13-10-18(11-14-23)22-21(24)9-7-17-6-8-19(26-15-5-2)20(16-17)25-3/h6-9,16,18H,4-5,10-15H2,1-3H3,(H,22,24)/b9-7+. The van der Waals surface area contributed by atoms with Crippen LogP contribution in [0.4, 0.5) is 0 Å². The van der Waals surface area contributed by atoms with Crippen molar-refractivity contribution in [1.29, 1.82) is 0 Å². The van der Waals surface area contributed by atoms with Crippen molar-refractivity contribution in [3.05, 3.63) is 29.8 Å². The summed E-state index contributed by atoms with van der Waals surface area (Å²) in [5.74, 6) is 1.38. The molecule has 1 aliphatic heterocycles. The largest absolute Gasteiger partial charge is 0.493 e. The third kappa shape index (κ3) is 6.37. The van der Waals surface area contributed by atoms with Crippen LogP contribution in [-0.2, 0) is 4.79 Å². The first kappa shape index (κ1) is 20.3. The molecule has 1 heterocycles. The number of piperidine rings is 1. The Kier molecular flexibility index (Phi) is 8.48. The van der Waals surface area contributed by atoms with Crippen molar-refractivity contribution in [2.75, 3.05) is 33.4 Å². The van der Waals surface area contributed by atoms with E-state index in [9.17, 15) is 4.79 Å². The fraction of sp³-hybridized carbons (Fsp3) is 0.571. The maximum atomic E-state index is 12.2. The quantitative estimate of drug-likeness (QED) is 0.685. The predicted molar refractivity (Wildman–Crippen MR) is 106 cm³/mol. The van der Waals surface area contributed by atoms with Crippen molar-refractivity contribution in [1.82, 2.24) is 10.2 Å². The molecule has 0 radical (unpaired) electrons. The van der Waals surface area contributed by atoms with E-state index in [1.54, 1.807) is 13.2 Å². The van der Waals surface area contributed by atoms with E-state index in [2.05, 4.69) is 24.1 Å². The van der Waals surface area contributed by atoms with Crippen LogP contribution in [0.3, 0.4) is 0 Å². The summed E-state index contributed by atoms with van der Waals surface area (Å²) < 4.78 is 11.0. The van der Waals surface area contributed by atoms with E-state index < -0.39 is 0 Å². The molecule has 2 rings (SSSR count). The van der Waals surface area contributed by atoms with Gasteiger partial charge in [0.1, 0.15) is 0 Å². The monoisotopic (exact) mass is 360 g/mol. The van der Waals surface area contributed by atoms with E-state index in [4.69, 9.17) is 9.47 Å². The Morgan fingerprint density at radius 2 is 2.00 bits per heavy atom. The zero-order valence-electron chi connectivity index (χ0n) is 16.3. The molecule has 1 aromatic rings. The number of ether oxygens (including phenoxy) is 2. The van der Waals surface area contributed by atoms with E-state index in [1.807, 2.05) is 24.3 Å². The summed E-state index contributed by atoms with van der Waals surface area (Å²) in [4.78, 5) is 14.7. The minimum atomic E-state index is -0.0378. The summed E-state index contributed by atoms with van der Waals surface area (Å²) in [6.45, 7) is 8.22. The molecule has 0 saturated carbocycles. The topological polar surface area (TPSA) is 50.8 Å². The lowest BCUT2D eigenvalue weighted by molar-refractivity contribution is -0.117. The number of carbonyl (C=O) groups excluding carboxylic acids is 1. The first-order valence-electron chi connectivity index (χ1n) is 9.68. The maximum Gasteiger partial charge on any atom is 0.244 e. The highest BCUT2D eigenvalue weighted by molar-refractivity contribution is 5.92. The Bertz CT molecular complexity index is 593. The fourth-order valence-electron chi connectivity index (χ4n) is 3.16. The summed E-state index contributed by atoms with van der Waals surface area (Å²) in [6.07, 6.45) is 7.59. The third-order valence-electron chi connectivity index (χ3n) is 4.55. The summed E-state index contributed by atoms with van der Waals surface area (Å²) in [5.41, 5.74) is 0.915. The van der Waals surface area contributed by atoms with Crippen molar-refractivity contribution in [2.45, 2.75) is 45.6 Å². The van der Waals surface area contributed by atoms with Gasteiger partial charge >= 0.3 is 0 Å². The molecular formula is C21H32N2O3. The molecule has 0 bridgehead atoms. The average Bonchev–Trinajstić information content (AvgIpc) is 2.66. The first-order valence-corrected chi connectivity index (χ1v) is 9.68. The lowest BCUT2D eigenvalue weighted by Gasteiger charge is -2.31. The van der Waals surface area contributed by atoms with Crippen LogP contribution >= 0.6 is 0 Å². The highest BCUT2D eigenvalue weighted by atomic mass is 16.5. The summed E-state index contributed by atoms with van der Waals surface area (Å²) in [5, 5.41) is 3.11. The molecular weight excluding hydrogens is 328 g/mol. The van der Waals surface area contributed by atoms with Crippen molar-refractivity contribution >= 4 is 12.0 Å². The van der Waals surface area contributed by atoms with Crippen molar-refractivity contribution in [3.63, 3.8) is 0 Å². The summed E-state index contributed by atoms with van der Waals surface area (Å²) >= 11 is 0. The van der Waals surface area contributed by atoms with Gasteiger partial charge in [-0.2, -0.15) is 0 Å². The van der Waals surface area contributed by atoms with Crippen molar-refractivity contribution in [2.24, 2.45) is 0 Å².